The molecule has 7 heteroatoms. The number of rotatable bonds is 6. The van der Waals surface area contributed by atoms with E-state index in [1.54, 1.807) is 25.1 Å². The summed E-state index contributed by atoms with van der Waals surface area (Å²) in [6, 6.07) is 10.4. The molecule has 0 saturated heterocycles. The molecule has 0 fully saturated rings. The zero-order valence-corrected chi connectivity index (χ0v) is 14.3. The van der Waals surface area contributed by atoms with E-state index in [1.165, 1.54) is 24.3 Å². The second-order valence-electron chi connectivity index (χ2n) is 5.95. The standard InChI is InChI=1S/C18H20FN3O3/c1-12-15(8-5-9-16(12)22(24)25)18(23)20-11-17(21(2)3)13-6-4-7-14(19)10-13/h4-10,17H,11H2,1-3H3,(H,20,23)/t17-/m1/s1. The number of likely N-dealkylation sites (N-methyl/N-ethyl adjacent to an activating group) is 1. The van der Waals surface area contributed by atoms with Gasteiger partial charge in [0.25, 0.3) is 11.6 Å². The van der Waals surface area contributed by atoms with Crippen molar-refractivity contribution in [1.82, 2.24) is 10.2 Å². The lowest BCUT2D eigenvalue weighted by molar-refractivity contribution is -0.385. The molecular formula is C18H20FN3O3. The van der Waals surface area contributed by atoms with Crippen molar-refractivity contribution in [2.75, 3.05) is 20.6 Å². The topological polar surface area (TPSA) is 75.5 Å². The molecule has 2 rings (SSSR count). The molecule has 0 bridgehead atoms. The molecule has 0 saturated carbocycles. The largest absolute Gasteiger partial charge is 0.350 e. The molecule has 25 heavy (non-hydrogen) atoms. The average molecular weight is 345 g/mol. The van der Waals surface area contributed by atoms with Crippen molar-refractivity contribution in [3.05, 3.63) is 75.1 Å². The zero-order valence-electron chi connectivity index (χ0n) is 14.3. The number of nitrogens with one attached hydrogen (secondary N) is 1. The number of benzene rings is 2. The molecule has 0 heterocycles. The van der Waals surface area contributed by atoms with Crippen LogP contribution in [0.1, 0.15) is 27.5 Å². The summed E-state index contributed by atoms with van der Waals surface area (Å²) in [4.78, 5) is 24.8. The smallest absolute Gasteiger partial charge is 0.273 e. The normalized spacial score (nSPS) is 12.0. The predicted octanol–water partition coefficient (Wildman–Crippen LogP) is 3.08. The lowest BCUT2D eigenvalue weighted by Gasteiger charge is -2.25. The number of nitro groups is 1. The molecule has 0 aliphatic rings. The molecule has 1 amide bonds. The number of nitro benzene ring substituents is 1. The van der Waals surface area contributed by atoms with E-state index in [4.69, 9.17) is 0 Å². The Labute approximate surface area is 145 Å². The van der Waals surface area contributed by atoms with Crippen LogP contribution in [0.2, 0.25) is 0 Å². The molecule has 0 aromatic heterocycles. The quantitative estimate of drug-likeness (QED) is 0.645. The Morgan fingerprint density at radius 1 is 1.28 bits per heavy atom. The van der Waals surface area contributed by atoms with E-state index in [0.717, 1.165) is 5.56 Å². The molecule has 1 N–H and O–H groups in total. The maximum absolute atomic E-state index is 13.5. The number of carbonyl (C=O) groups excluding carboxylic acids is 1. The SMILES string of the molecule is Cc1c(C(=O)NC[C@H](c2cccc(F)c2)N(C)C)cccc1[N+](=O)[O-]. The van der Waals surface area contributed by atoms with E-state index in [1.807, 2.05) is 19.0 Å². The third-order valence-electron chi connectivity index (χ3n) is 4.06. The van der Waals surface area contributed by atoms with E-state index in [-0.39, 0.29) is 29.7 Å². The van der Waals surface area contributed by atoms with Crippen LogP contribution >= 0.6 is 0 Å². The average Bonchev–Trinajstić information content (AvgIpc) is 2.54. The fraction of sp³-hybridized carbons (Fsp3) is 0.278. The minimum absolute atomic E-state index is 0.0954. The van der Waals surface area contributed by atoms with E-state index < -0.39 is 10.8 Å². The molecule has 0 spiro atoms. The molecule has 0 radical (unpaired) electrons. The monoisotopic (exact) mass is 345 g/mol. The molecule has 0 aliphatic heterocycles. The highest BCUT2D eigenvalue weighted by molar-refractivity contribution is 5.96. The van der Waals surface area contributed by atoms with Gasteiger partial charge in [-0.15, -0.1) is 0 Å². The Balaban J connectivity index is 2.17. The summed E-state index contributed by atoms with van der Waals surface area (Å²) in [7, 11) is 3.67. The van der Waals surface area contributed by atoms with Gasteiger partial charge in [0.05, 0.1) is 11.0 Å². The highest BCUT2D eigenvalue weighted by atomic mass is 19.1. The number of hydrogen-bond acceptors (Lipinski definition) is 4. The van der Waals surface area contributed by atoms with E-state index in [2.05, 4.69) is 5.32 Å². The highest BCUT2D eigenvalue weighted by Gasteiger charge is 2.20. The molecule has 2 aromatic carbocycles. The zero-order chi connectivity index (χ0) is 18.6. The van der Waals surface area contributed by atoms with Gasteiger partial charge < -0.3 is 10.2 Å². The number of halogens is 1. The van der Waals surface area contributed by atoms with Gasteiger partial charge in [-0.25, -0.2) is 4.39 Å². The van der Waals surface area contributed by atoms with Gasteiger partial charge in [0.15, 0.2) is 0 Å². The second-order valence-corrected chi connectivity index (χ2v) is 5.95. The molecule has 6 nitrogen and oxygen atoms in total. The second kappa shape index (κ2) is 7.85. The van der Waals surface area contributed by atoms with Gasteiger partial charge in [-0.05, 0) is 44.8 Å². The summed E-state index contributed by atoms with van der Waals surface area (Å²) in [6.45, 7) is 1.79. The summed E-state index contributed by atoms with van der Waals surface area (Å²) < 4.78 is 13.5. The van der Waals surface area contributed by atoms with Crippen molar-refractivity contribution in [2.24, 2.45) is 0 Å². The maximum atomic E-state index is 13.5. The Morgan fingerprint density at radius 2 is 1.96 bits per heavy atom. The van der Waals surface area contributed by atoms with Crippen LogP contribution in [0, 0.1) is 22.9 Å². The first kappa shape index (κ1) is 18.5. The minimum atomic E-state index is -0.512. The highest BCUT2D eigenvalue weighted by Crippen LogP contribution is 2.22. The van der Waals surface area contributed by atoms with Crippen molar-refractivity contribution in [3.63, 3.8) is 0 Å². The van der Waals surface area contributed by atoms with Crippen molar-refractivity contribution in [2.45, 2.75) is 13.0 Å². The van der Waals surface area contributed by atoms with Crippen LogP contribution in [-0.2, 0) is 0 Å². The van der Waals surface area contributed by atoms with Gasteiger partial charge in [-0.3, -0.25) is 14.9 Å². The van der Waals surface area contributed by atoms with E-state index in [9.17, 15) is 19.3 Å². The molecule has 2 aromatic rings. The van der Waals surface area contributed by atoms with Crippen LogP contribution in [-0.4, -0.2) is 36.4 Å². The lowest BCUT2D eigenvalue weighted by atomic mass is 10.0. The first-order valence-electron chi connectivity index (χ1n) is 7.75. The number of amides is 1. The Morgan fingerprint density at radius 3 is 2.56 bits per heavy atom. The Bertz CT molecular complexity index is 793. The van der Waals surface area contributed by atoms with Crippen molar-refractivity contribution in [3.8, 4) is 0 Å². The summed E-state index contributed by atoms with van der Waals surface area (Å²) in [5, 5.41) is 13.8. The van der Waals surface area contributed by atoms with Crippen molar-refractivity contribution in [1.29, 1.82) is 0 Å². The van der Waals surface area contributed by atoms with Gasteiger partial charge in [-0.1, -0.05) is 18.2 Å². The number of carbonyl (C=O) groups is 1. The summed E-state index contributed by atoms with van der Waals surface area (Å²) in [6.07, 6.45) is 0. The number of hydrogen-bond donors (Lipinski definition) is 1. The summed E-state index contributed by atoms with van der Waals surface area (Å²) >= 11 is 0. The number of nitrogens with zero attached hydrogens (tertiary/aromatic N) is 2. The molecule has 132 valence electrons. The van der Waals surface area contributed by atoms with E-state index >= 15 is 0 Å². The summed E-state index contributed by atoms with van der Waals surface area (Å²) in [5.74, 6) is -0.741. The first-order valence-corrected chi connectivity index (χ1v) is 7.75. The van der Waals surface area contributed by atoms with Gasteiger partial charge in [0.1, 0.15) is 5.82 Å². The lowest BCUT2D eigenvalue weighted by Crippen LogP contribution is -2.34. The Kier molecular flexibility index (Phi) is 5.82. The third-order valence-corrected chi connectivity index (χ3v) is 4.06. The fourth-order valence-corrected chi connectivity index (χ4v) is 2.66. The molecular weight excluding hydrogens is 325 g/mol. The molecule has 0 aliphatic carbocycles. The Hall–Kier alpha value is -2.80. The van der Waals surface area contributed by atoms with Crippen LogP contribution in [0.15, 0.2) is 42.5 Å². The first-order chi connectivity index (χ1) is 11.8. The van der Waals surface area contributed by atoms with E-state index in [0.29, 0.717) is 5.56 Å². The van der Waals surface area contributed by atoms with Gasteiger partial charge in [0, 0.05) is 23.7 Å². The van der Waals surface area contributed by atoms with Crippen molar-refractivity contribution >= 4 is 11.6 Å². The van der Waals surface area contributed by atoms with Gasteiger partial charge in [-0.2, -0.15) is 0 Å². The van der Waals surface area contributed by atoms with Crippen LogP contribution in [0.3, 0.4) is 0 Å². The van der Waals surface area contributed by atoms with Crippen LogP contribution in [0.5, 0.6) is 0 Å². The van der Waals surface area contributed by atoms with Crippen molar-refractivity contribution < 1.29 is 14.1 Å². The van der Waals surface area contributed by atoms with Crippen LogP contribution < -0.4 is 5.32 Å². The predicted molar refractivity (Wildman–Crippen MR) is 93.0 cm³/mol. The third kappa shape index (κ3) is 4.39. The fourth-order valence-electron chi connectivity index (χ4n) is 2.66. The van der Waals surface area contributed by atoms with Gasteiger partial charge in [0.2, 0.25) is 0 Å². The van der Waals surface area contributed by atoms with Gasteiger partial charge >= 0.3 is 0 Å². The van der Waals surface area contributed by atoms with Crippen LogP contribution in [0.25, 0.3) is 0 Å². The molecule has 1 atom stereocenters. The minimum Gasteiger partial charge on any atom is -0.350 e. The van der Waals surface area contributed by atoms with Crippen LogP contribution in [0.4, 0.5) is 10.1 Å². The maximum Gasteiger partial charge on any atom is 0.273 e. The molecule has 0 unspecified atom stereocenters. The summed E-state index contributed by atoms with van der Waals surface area (Å²) in [5.41, 5.74) is 1.21.